The SMILES string of the molecule is Clc1c(Br)csc1C(Cl)(Cl)Cl. The largest absolute Gasteiger partial charge is 0.226 e. The summed E-state index contributed by atoms with van der Waals surface area (Å²) in [4.78, 5) is 0.538. The topological polar surface area (TPSA) is 0 Å². The molecule has 62 valence electrons. The molecule has 1 aromatic rings. The van der Waals surface area contributed by atoms with E-state index in [0.717, 1.165) is 4.47 Å². The maximum absolute atomic E-state index is 5.80. The Balaban J connectivity index is 3.15. The third-order valence-corrected chi connectivity index (χ3v) is 4.61. The van der Waals surface area contributed by atoms with Crippen molar-refractivity contribution in [3.63, 3.8) is 0 Å². The van der Waals surface area contributed by atoms with Gasteiger partial charge in [0.1, 0.15) is 0 Å². The van der Waals surface area contributed by atoms with E-state index in [2.05, 4.69) is 15.9 Å². The lowest BCUT2D eigenvalue weighted by molar-refractivity contribution is 1.31. The number of hydrogen-bond acceptors (Lipinski definition) is 1. The Labute approximate surface area is 96.5 Å². The molecule has 0 aliphatic carbocycles. The highest BCUT2D eigenvalue weighted by Gasteiger charge is 2.28. The van der Waals surface area contributed by atoms with Crippen LogP contribution < -0.4 is 0 Å². The quantitative estimate of drug-likeness (QED) is 0.592. The van der Waals surface area contributed by atoms with Crippen LogP contribution in [0, 0.1) is 0 Å². The summed E-state index contributed by atoms with van der Waals surface area (Å²) in [6.45, 7) is 0. The van der Waals surface area contributed by atoms with E-state index in [0.29, 0.717) is 9.90 Å². The van der Waals surface area contributed by atoms with Crippen molar-refractivity contribution in [2.45, 2.75) is 3.79 Å². The van der Waals surface area contributed by atoms with E-state index in [-0.39, 0.29) is 0 Å². The fraction of sp³-hybridized carbons (Fsp3) is 0.200. The molecule has 0 saturated carbocycles. The highest BCUT2D eigenvalue weighted by molar-refractivity contribution is 9.10. The molecule has 0 radical (unpaired) electrons. The Kier molecular flexibility index (Phi) is 3.41. The van der Waals surface area contributed by atoms with Gasteiger partial charge in [0.05, 0.1) is 9.90 Å². The molecule has 0 aromatic carbocycles. The highest BCUT2D eigenvalue weighted by Crippen LogP contribution is 2.47. The van der Waals surface area contributed by atoms with E-state index in [4.69, 9.17) is 46.4 Å². The van der Waals surface area contributed by atoms with Gasteiger partial charge in [-0.2, -0.15) is 0 Å². The lowest BCUT2D eigenvalue weighted by Gasteiger charge is -2.07. The fourth-order valence-corrected chi connectivity index (χ4v) is 3.03. The molecular formula is C5HBrCl4S. The lowest BCUT2D eigenvalue weighted by atomic mass is 10.5. The first-order chi connectivity index (χ1) is 4.93. The smallest absolute Gasteiger partial charge is 0.142 e. The van der Waals surface area contributed by atoms with E-state index < -0.39 is 3.79 Å². The minimum Gasteiger partial charge on any atom is -0.142 e. The van der Waals surface area contributed by atoms with Crippen molar-refractivity contribution in [2.75, 3.05) is 0 Å². The zero-order valence-electron chi connectivity index (χ0n) is 4.88. The van der Waals surface area contributed by atoms with Crippen LogP contribution in [0.4, 0.5) is 0 Å². The van der Waals surface area contributed by atoms with Gasteiger partial charge in [-0.25, -0.2) is 0 Å². The fourth-order valence-electron chi connectivity index (χ4n) is 0.514. The van der Waals surface area contributed by atoms with Gasteiger partial charge in [0.2, 0.25) is 3.79 Å². The van der Waals surface area contributed by atoms with Crippen molar-refractivity contribution >= 4 is 73.7 Å². The lowest BCUT2D eigenvalue weighted by Crippen LogP contribution is -1.96. The molecule has 0 N–H and O–H groups in total. The summed E-state index contributed by atoms with van der Waals surface area (Å²) in [6, 6.07) is 0. The first kappa shape index (κ1) is 10.4. The van der Waals surface area contributed by atoms with E-state index in [9.17, 15) is 0 Å². The van der Waals surface area contributed by atoms with Crippen molar-refractivity contribution in [1.29, 1.82) is 0 Å². The zero-order chi connectivity index (χ0) is 8.65. The number of thiophene rings is 1. The number of rotatable bonds is 0. The van der Waals surface area contributed by atoms with Gasteiger partial charge in [0.25, 0.3) is 0 Å². The van der Waals surface area contributed by atoms with Crippen LogP contribution in [0.3, 0.4) is 0 Å². The Morgan fingerprint density at radius 2 is 1.91 bits per heavy atom. The van der Waals surface area contributed by atoms with Crippen molar-refractivity contribution in [3.05, 3.63) is 19.8 Å². The Morgan fingerprint density at radius 1 is 1.36 bits per heavy atom. The molecule has 11 heavy (non-hydrogen) atoms. The summed E-state index contributed by atoms with van der Waals surface area (Å²) >= 11 is 27.2. The highest BCUT2D eigenvalue weighted by atomic mass is 79.9. The first-order valence-electron chi connectivity index (χ1n) is 2.42. The molecule has 0 bridgehead atoms. The van der Waals surface area contributed by atoms with Gasteiger partial charge in [-0.05, 0) is 15.9 Å². The molecule has 0 aliphatic heterocycles. The Morgan fingerprint density at radius 3 is 2.09 bits per heavy atom. The minimum absolute atomic E-state index is 0.468. The predicted octanol–water partition coefficient (Wildman–Crippen LogP) is 4.99. The van der Waals surface area contributed by atoms with Gasteiger partial charge in [0.15, 0.2) is 0 Å². The third-order valence-electron chi connectivity index (χ3n) is 0.947. The average Bonchev–Trinajstić information content (AvgIpc) is 2.11. The molecular weight excluding hydrogens is 314 g/mol. The predicted molar refractivity (Wildman–Crippen MR) is 56.3 cm³/mol. The maximum Gasteiger partial charge on any atom is 0.226 e. The number of alkyl halides is 3. The van der Waals surface area contributed by atoms with Gasteiger partial charge in [-0.1, -0.05) is 46.4 Å². The summed E-state index contributed by atoms with van der Waals surface area (Å²) in [6.07, 6.45) is 0. The number of hydrogen-bond donors (Lipinski definition) is 0. The second-order valence-electron chi connectivity index (χ2n) is 1.72. The summed E-state index contributed by atoms with van der Waals surface area (Å²) in [7, 11) is 0. The van der Waals surface area contributed by atoms with E-state index >= 15 is 0 Å². The summed E-state index contributed by atoms with van der Waals surface area (Å²) in [5.74, 6) is 0. The van der Waals surface area contributed by atoms with Crippen molar-refractivity contribution in [3.8, 4) is 0 Å². The van der Waals surface area contributed by atoms with Crippen LogP contribution in [0.15, 0.2) is 9.85 Å². The van der Waals surface area contributed by atoms with Crippen LogP contribution in [-0.2, 0) is 3.79 Å². The van der Waals surface area contributed by atoms with Crippen LogP contribution >= 0.6 is 73.7 Å². The molecule has 0 unspecified atom stereocenters. The van der Waals surface area contributed by atoms with E-state index in [1.807, 2.05) is 0 Å². The molecule has 1 rings (SSSR count). The Hall–Kier alpha value is 1.34. The molecule has 0 nitrogen and oxygen atoms in total. The second-order valence-corrected chi connectivity index (χ2v) is 6.12. The Bertz CT molecular complexity index is 264. The van der Waals surface area contributed by atoms with Gasteiger partial charge in [-0.15, -0.1) is 11.3 Å². The van der Waals surface area contributed by atoms with Crippen LogP contribution in [0.5, 0.6) is 0 Å². The van der Waals surface area contributed by atoms with Gasteiger partial charge in [-0.3, -0.25) is 0 Å². The van der Waals surface area contributed by atoms with Crippen LogP contribution in [0.1, 0.15) is 4.88 Å². The summed E-state index contributed by atoms with van der Waals surface area (Å²) in [5.41, 5.74) is 0. The first-order valence-corrected chi connectivity index (χ1v) is 5.61. The van der Waals surface area contributed by atoms with Gasteiger partial charge >= 0.3 is 0 Å². The second kappa shape index (κ2) is 3.60. The number of halogens is 5. The molecule has 6 heteroatoms. The van der Waals surface area contributed by atoms with Crippen LogP contribution in [-0.4, -0.2) is 0 Å². The average molecular weight is 315 g/mol. The molecule has 0 fully saturated rings. The van der Waals surface area contributed by atoms with Crippen molar-refractivity contribution in [1.82, 2.24) is 0 Å². The van der Waals surface area contributed by atoms with E-state index in [1.54, 1.807) is 5.38 Å². The van der Waals surface area contributed by atoms with E-state index in [1.165, 1.54) is 11.3 Å². The maximum atomic E-state index is 5.80. The molecule has 1 aromatic heterocycles. The van der Waals surface area contributed by atoms with Crippen molar-refractivity contribution in [2.24, 2.45) is 0 Å². The standard InChI is InChI=1S/C5HBrCl4S/c6-2-1-11-4(3(2)7)5(8,9)10/h1H. The van der Waals surface area contributed by atoms with Crippen molar-refractivity contribution < 1.29 is 0 Å². The van der Waals surface area contributed by atoms with Crippen LogP contribution in [0.25, 0.3) is 0 Å². The molecule has 0 saturated heterocycles. The summed E-state index contributed by atoms with van der Waals surface area (Å²) in [5, 5.41) is 2.24. The normalized spacial score (nSPS) is 12.1. The summed E-state index contributed by atoms with van der Waals surface area (Å²) < 4.78 is -0.668. The molecule has 0 amide bonds. The minimum atomic E-state index is -1.42. The third kappa shape index (κ3) is 2.39. The zero-order valence-corrected chi connectivity index (χ0v) is 10.3. The molecule has 0 atom stereocenters. The van der Waals surface area contributed by atoms with Crippen LogP contribution in [0.2, 0.25) is 5.02 Å². The molecule has 1 heterocycles. The van der Waals surface area contributed by atoms with Gasteiger partial charge in [0, 0.05) is 9.85 Å². The van der Waals surface area contributed by atoms with Gasteiger partial charge < -0.3 is 0 Å². The monoisotopic (exact) mass is 312 g/mol. The molecule has 0 aliphatic rings. The molecule has 0 spiro atoms.